The summed E-state index contributed by atoms with van der Waals surface area (Å²) in [5.74, 6) is -0.830. The third-order valence-electron chi connectivity index (χ3n) is 2.39. The molecular formula is C12H7ClF4N2. The molecule has 2 rings (SSSR count). The minimum atomic E-state index is -4.60. The Labute approximate surface area is 111 Å². The molecule has 0 saturated carbocycles. The first-order valence-corrected chi connectivity index (χ1v) is 5.69. The van der Waals surface area contributed by atoms with Gasteiger partial charge in [-0.3, -0.25) is 0 Å². The molecule has 7 heteroatoms. The molecule has 0 aliphatic carbocycles. The number of hydrogen-bond acceptors (Lipinski definition) is 2. The van der Waals surface area contributed by atoms with Crippen LogP contribution in [0, 0.1) is 5.82 Å². The van der Waals surface area contributed by atoms with Gasteiger partial charge in [-0.15, -0.1) is 11.6 Å². The van der Waals surface area contributed by atoms with E-state index < -0.39 is 23.1 Å². The number of nitrogens with zero attached hydrogens (tertiary/aromatic N) is 2. The van der Waals surface area contributed by atoms with Gasteiger partial charge in [0.2, 0.25) is 0 Å². The minimum Gasteiger partial charge on any atom is -0.236 e. The maximum atomic E-state index is 13.1. The summed E-state index contributed by atoms with van der Waals surface area (Å²) in [4.78, 5) is 7.55. The number of halogens is 5. The Balaban J connectivity index is 2.56. The van der Waals surface area contributed by atoms with Crippen LogP contribution < -0.4 is 0 Å². The first-order chi connectivity index (χ1) is 8.91. The van der Waals surface area contributed by atoms with Crippen molar-refractivity contribution >= 4 is 11.6 Å². The largest absolute Gasteiger partial charge is 0.417 e. The Hall–Kier alpha value is -1.69. The van der Waals surface area contributed by atoms with Gasteiger partial charge in [-0.2, -0.15) is 13.2 Å². The molecule has 0 saturated heterocycles. The van der Waals surface area contributed by atoms with Crippen LogP contribution in [0.2, 0.25) is 0 Å². The second-order valence-corrected chi connectivity index (χ2v) is 4.00. The Morgan fingerprint density at radius 1 is 1.11 bits per heavy atom. The second kappa shape index (κ2) is 5.13. The molecule has 0 spiro atoms. The fourth-order valence-electron chi connectivity index (χ4n) is 1.51. The third-order valence-corrected chi connectivity index (χ3v) is 2.70. The van der Waals surface area contributed by atoms with Crippen LogP contribution in [0.4, 0.5) is 17.6 Å². The average molecular weight is 291 g/mol. The summed E-state index contributed by atoms with van der Waals surface area (Å²) in [6, 6.07) is 2.18. The number of benzene rings is 1. The number of rotatable bonds is 2. The summed E-state index contributed by atoms with van der Waals surface area (Å²) in [6.07, 6.45) is -1.99. The first kappa shape index (κ1) is 13.7. The first-order valence-electron chi connectivity index (χ1n) is 5.16. The van der Waals surface area contributed by atoms with Crippen molar-refractivity contribution in [2.75, 3.05) is 0 Å². The number of alkyl halides is 4. The van der Waals surface area contributed by atoms with Gasteiger partial charge >= 0.3 is 6.18 Å². The summed E-state index contributed by atoms with van der Waals surface area (Å²) < 4.78 is 51.6. The van der Waals surface area contributed by atoms with Crippen molar-refractivity contribution in [2.24, 2.45) is 0 Å². The van der Waals surface area contributed by atoms with E-state index in [-0.39, 0.29) is 11.7 Å². The molecule has 1 aromatic carbocycles. The highest BCUT2D eigenvalue weighted by Gasteiger charge is 2.34. The van der Waals surface area contributed by atoms with Gasteiger partial charge in [0.05, 0.1) is 11.4 Å². The van der Waals surface area contributed by atoms with E-state index in [9.17, 15) is 17.6 Å². The van der Waals surface area contributed by atoms with E-state index in [0.717, 1.165) is 12.1 Å². The lowest BCUT2D eigenvalue weighted by Crippen LogP contribution is -2.08. The highest BCUT2D eigenvalue weighted by Crippen LogP contribution is 2.36. The van der Waals surface area contributed by atoms with Crippen molar-refractivity contribution in [2.45, 2.75) is 12.1 Å². The van der Waals surface area contributed by atoms with Gasteiger partial charge in [0.25, 0.3) is 0 Å². The van der Waals surface area contributed by atoms with Crippen molar-refractivity contribution in [3.63, 3.8) is 0 Å². The van der Waals surface area contributed by atoms with E-state index >= 15 is 0 Å². The van der Waals surface area contributed by atoms with Gasteiger partial charge < -0.3 is 0 Å². The SMILES string of the molecule is Fc1ccc(C(F)(F)F)c(-c2ncc(CCl)cn2)c1. The maximum absolute atomic E-state index is 13.1. The van der Waals surface area contributed by atoms with Gasteiger partial charge in [-0.25, -0.2) is 14.4 Å². The molecule has 0 atom stereocenters. The molecular weight excluding hydrogens is 284 g/mol. The van der Waals surface area contributed by atoms with Crippen LogP contribution in [0.5, 0.6) is 0 Å². The zero-order chi connectivity index (χ0) is 14.0. The van der Waals surface area contributed by atoms with Crippen LogP contribution in [0.3, 0.4) is 0 Å². The summed E-state index contributed by atoms with van der Waals surface area (Å²) in [7, 11) is 0. The van der Waals surface area contributed by atoms with Gasteiger partial charge in [0.15, 0.2) is 5.82 Å². The Morgan fingerprint density at radius 3 is 2.26 bits per heavy atom. The van der Waals surface area contributed by atoms with E-state index in [1.807, 2.05) is 0 Å². The molecule has 1 aromatic heterocycles. The van der Waals surface area contributed by atoms with E-state index in [4.69, 9.17) is 11.6 Å². The van der Waals surface area contributed by atoms with Crippen LogP contribution in [0.25, 0.3) is 11.4 Å². The van der Waals surface area contributed by atoms with E-state index in [2.05, 4.69) is 9.97 Å². The van der Waals surface area contributed by atoms with Crippen LogP contribution >= 0.6 is 11.6 Å². The van der Waals surface area contributed by atoms with Crippen LogP contribution in [0.1, 0.15) is 11.1 Å². The summed E-state index contributed by atoms with van der Waals surface area (Å²) in [5.41, 5.74) is -0.809. The molecule has 19 heavy (non-hydrogen) atoms. The monoisotopic (exact) mass is 290 g/mol. The van der Waals surface area contributed by atoms with E-state index in [1.165, 1.54) is 12.4 Å². The highest BCUT2D eigenvalue weighted by atomic mass is 35.5. The predicted molar refractivity (Wildman–Crippen MR) is 62.0 cm³/mol. The van der Waals surface area contributed by atoms with Crippen LogP contribution in [0.15, 0.2) is 30.6 Å². The summed E-state index contributed by atoms with van der Waals surface area (Å²) in [6.45, 7) is 0. The molecule has 2 nitrogen and oxygen atoms in total. The van der Waals surface area contributed by atoms with Crippen molar-refractivity contribution in [3.8, 4) is 11.4 Å². The number of hydrogen-bond donors (Lipinski definition) is 0. The smallest absolute Gasteiger partial charge is 0.236 e. The second-order valence-electron chi connectivity index (χ2n) is 3.74. The van der Waals surface area contributed by atoms with E-state index in [0.29, 0.717) is 11.6 Å². The molecule has 0 fully saturated rings. The van der Waals surface area contributed by atoms with Crippen molar-refractivity contribution < 1.29 is 17.6 Å². The topological polar surface area (TPSA) is 25.8 Å². The van der Waals surface area contributed by atoms with Gasteiger partial charge in [-0.05, 0) is 18.2 Å². The lowest BCUT2D eigenvalue weighted by Gasteiger charge is -2.11. The van der Waals surface area contributed by atoms with Crippen LogP contribution in [-0.2, 0) is 12.1 Å². The molecule has 100 valence electrons. The third kappa shape index (κ3) is 3.01. The van der Waals surface area contributed by atoms with Crippen LogP contribution in [-0.4, -0.2) is 9.97 Å². The quantitative estimate of drug-likeness (QED) is 0.616. The molecule has 1 heterocycles. The van der Waals surface area contributed by atoms with Crippen molar-refractivity contribution in [3.05, 3.63) is 47.5 Å². The zero-order valence-corrected chi connectivity index (χ0v) is 10.1. The molecule has 0 amide bonds. The Kier molecular flexibility index (Phi) is 3.71. The fourth-order valence-corrected chi connectivity index (χ4v) is 1.65. The molecule has 0 radical (unpaired) electrons. The molecule has 0 aliphatic heterocycles. The van der Waals surface area contributed by atoms with Gasteiger partial charge in [0.1, 0.15) is 5.82 Å². The summed E-state index contributed by atoms with van der Waals surface area (Å²) >= 11 is 5.53. The molecule has 0 bridgehead atoms. The van der Waals surface area contributed by atoms with Gasteiger partial charge in [-0.1, -0.05) is 0 Å². The summed E-state index contributed by atoms with van der Waals surface area (Å²) in [5, 5.41) is 0. The van der Waals surface area contributed by atoms with Crippen molar-refractivity contribution in [1.29, 1.82) is 0 Å². The zero-order valence-electron chi connectivity index (χ0n) is 9.38. The number of aromatic nitrogens is 2. The lowest BCUT2D eigenvalue weighted by molar-refractivity contribution is -0.137. The Bertz CT molecular complexity index is 581. The normalized spacial score (nSPS) is 11.6. The standard InChI is InChI=1S/C12H7ClF4N2/c13-4-7-5-18-11(19-6-7)9-3-8(14)1-2-10(9)12(15,16)17/h1-3,5-6H,4H2. The van der Waals surface area contributed by atoms with Gasteiger partial charge in [0, 0.05) is 23.5 Å². The molecule has 0 N–H and O–H groups in total. The minimum absolute atomic E-state index is 0.148. The van der Waals surface area contributed by atoms with Crippen molar-refractivity contribution in [1.82, 2.24) is 9.97 Å². The predicted octanol–water partition coefficient (Wildman–Crippen LogP) is 4.04. The van der Waals surface area contributed by atoms with E-state index in [1.54, 1.807) is 0 Å². The molecule has 2 aromatic rings. The average Bonchev–Trinajstić information content (AvgIpc) is 2.37. The highest BCUT2D eigenvalue weighted by molar-refractivity contribution is 6.17. The molecule has 0 unspecified atom stereocenters. The lowest BCUT2D eigenvalue weighted by atomic mass is 10.1. The molecule has 0 aliphatic rings. The fraction of sp³-hybridized carbons (Fsp3) is 0.167. The maximum Gasteiger partial charge on any atom is 0.417 e. The Morgan fingerprint density at radius 2 is 1.74 bits per heavy atom.